The molecule has 0 aromatic rings. The Morgan fingerprint density at radius 2 is 1.89 bits per heavy atom. The molecule has 0 saturated carbocycles. The molecule has 0 aromatic carbocycles. The molecule has 0 aliphatic heterocycles. The summed E-state index contributed by atoms with van der Waals surface area (Å²) in [5, 5.41) is 8.67. The van der Waals surface area contributed by atoms with E-state index in [2.05, 4.69) is 0 Å². The van der Waals surface area contributed by atoms with Gasteiger partial charge in [-0.15, -0.1) is 0 Å². The van der Waals surface area contributed by atoms with Gasteiger partial charge in [0.2, 0.25) is 5.91 Å². The summed E-state index contributed by atoms with van der Waals surface area (Å²) in [7, 11) is 0. The molecule has 1 amide bonds. The molecule has 0 fully saturated rings. The van der Waals surface area contributed by atoms with Gasteiger partial charge in [-0.3, -0.25) is 9.59 Å². The number of aliphatic carboxylic acids is 1. The zero-order valence-corrected chi connectivity index (χ0v) is 11.8. The van der Waals surface area contributed by atoms with Crippen LogP contribution in [0.2, 0.25) is 0 Å². The fraction of sp³-hybridized carbons (Fsp3) is 0.846. The number of nitrogens with zero attached hydrogens (tertiary/aromatic N) is 1. The molecule has 1 unspecified atom stereocenters. The van der Waals surface area contributed by atoms with Crippen molar-refractivity contribution in [2.45, 2.75) is 46.6 Å². The summed E-state index contributed by atoms with van der Waals surface area (Å²) in [6.07, 6.45) is 0.878. The van der Waals surface area contributed by atoms with E-state index in [1.165, 1.54) is 0 Å². The quantitative estimate of drug-likeness (QED) is 0.685. The lowest BCUT2D eigenvalue weighted by atomic mass is 10.2. The lowest BCUT2D eigenvalue weighted by Crippen LogP contribution is -2.38. The summed E-state index contributed by atoms with van der Waals surface area (Å²) < 4.78 is 5.38. The van der Waals surface area contributed by atoms with Gasteiger partial charge in [0.15, 0.2) is 0 Å². The fourth-order valence-electron chi connectivity index (χ4n) is 1.41. The van der Waals surface area contributed by atoms with E-state index in [-0.39, 0.29) is 31.6 Å². The summed E-state index contributed by atoms with van der Waals surface area (Å²) >= 11 is 0. The second-order valence-corrected chi connectivity index (χ2v) is 4.91. The Morgan fingerprint density at radius 1 is 1.28 bits per heavy atom. The standard InChI is InChI=1S/C13H25NO4/c1-5-11(4)18-9-12(15)14(8-10(2)3)7-6-13(16)17/h10-11H,5-9H2,1-4H3,(H,16,17). The molecular weight excluding hydrogens is 234 g/mol. The largest absolute Gasteiger partial charge is 0.481 e. The van der Waals surface area contributed by atoms with Gasteiger partial charge < -0.3 is 14.7 Å². The number of carbonyl (C=O) groups excluding carboxylic acids is 1. The van der Waals surface area contributed by atoms with E-state index >= 15 is 0 Å². The number of amides is 1. The van der Waals surface area contributed by atoms with Crippen LogP contribution in [0.4, 0.5) is 0 Å². The average molecular weight is 259 g/mol. The SMILES string of the molecule is CCC(C)OCC(=O)N(CCC(=O)O)CC(C)C. The van der Waals surface area contributed by atoms with Gasteiger partial charge in [-0.05, 0) is 19.3 Å². The van der Waals surface area contributed by atoms with Gasteiger partial charge in [-0.2, -0.15) is 0 Å². The summed E-state index contributed by atoms with van der Waals surface area (Å²) in [5.74, 6) is -0.712. The molecule has 0 aromatic heterocycles. The third kappa shape index (κ3) is 8.06. The first-order valence-corrected chi connectivity index (χ1v) is 6.48. The van der Waals surface area contributed by atoms with Crippen molar-refractivity contribution >= 4 is 11.9 Å². The van der Waals surface area contributed by atoms with Crippen molar-refractivity contribution in [3.05, 3.63) is 0 Å². The highest BCUT2D eigenvalue weighted by molar-refractivity contribution is 5.78. The molecular formula is C13H25NO4. The average Bonchev–Trinajstić information content (AvgIpc) is 2.30. The van der Waals surface area contributed by atoms with Gasteiger partial charge in [-0.25, -0.2) is 0 Å². The van der Waals surface area contributed by atoms with Gasteiger partial charge in [0.1, 0.15) is 6.61 Å². The number of rotatable bonds is 9. The maximum atomic E-state index is 11.9. The minimum Gasteiger partial charge on any atom is -0.481 e. The van der Waals surface area contributed by atoms with E-state index in [9.17, 15) is 9.59 Å². The zero-order chi connectivity index (χ0) is 14.1. The van der Waals surface area contributed by atoms with Crippen LogP contribution in [-0.4, -0.2) is 47.7 Å². The molecule has 0 bridgehead atoms. The Hall–Kier alpha value is -1.10. The van der Waals surface area contributed by atoms with Crippen LogP contribution in [0, 0.1) is 5.92 Å². The number of carboxylic acid groups (broad SMARTS) is 1. The van der Waals surface area contributed by atoms with Crippen molar-refractivity contribution in [1.82, 2.24) is 4.90 Å². The van der Waals surface area contributed by atoms with Gasteiger partial charge in [0, 0.05) is 13.1 Å². The van der Waals surface area contributed by atoms with Crippen LogP contribution >= 0.6 is 0 Å². The summed E-state index contributed by atoms with van der Waals surface area (Å²) in [5.41, 5.74) is 0. The van der Waals surface area contributed by atoms with Crippen molar-refractivity contribution in [3.8, 4) is 0 Å². The summed E-state index contributed by atoms with van der Waals surface area (Å²) in [6, 6.07) is 0. The highest BCUT2D eigenvalue weighted by atomic mass is 16.5. The lowest BCUT2D eigenvalue weighted by Gasteiger charge is -2.24. The van der Waals surface area contributed by atoms with E-state index in [0.717, 1.165) is 6.42 Å². The van der Waals surface area contributed by atoms with Gasteiger partial charge in [0.25, 0.3) is 0 Å². The van der Waals surface area contributed by atoms with Gasteiger partial charge >= 0.3 is 5.97 Å². The Labute approximate surface area is 109 Å². The Bertz CT molecular complexity index is 266. The van der Waals surface area contributed by atoms with Crippen molar-refractivity contribution in [1.29, 1.82) is 0 Å². The maximum Gasteiger partial charge on any atom is 0.305 e. The normalized spacial score (nSPS) is 12.5. The Balaban J connectivity index is 4.25. The van der Waals surface area contributed by atoms with Gasteiger partial charge in [0.05, 0.1) is 12.5 Å². The molecule has 1 atom stereocenters. The first kappa shape index (κ1) is 16.9. The van der Waals surface area contributed by atoms with Crippen LogP contribution in [0.5, 0.6) is 0 Å². The number of carboxylic acids is 1. The van der Waals surface area contributed by atoms with E-state index in [1.54, 1.807) is 4.90 Å². The van der Waals surface area contributed by atoms with Crippen LogP contribution in [-0.2, 0) is 14.3 Å². The van der Waals surface area contributed by atoms with Crippen LogP contribution in [0.1, 0.15) is 40.5 Å². The molecule has 0 spiro atoms. The predicted molar refractivity (Wildman–Crippen MR) is 69.4 cm³/mol. The van der Waals surface area contributed by atoms with Crippen LogP contribution in [0.3, 0.4) is 0 Å². The smallest absolute Gasteiger partial charge is 0.305 e. The third-order valence-electron chi connectivity index (χ3n) is 2.60. The van der Waals surface area contributed by atoms with E-state index in [4.69, 9.17) is 9.84 Å². The molecule has 0 saturated heterocycles. The van der Waals surface area contributed by atoms with Crippen LogP contribution < -0.4 is 0 Å². The molecule has 5 heteroatoms. The molecule has 0 heterocycles. The lowest BCUT2D eigenvalue weighted by molar-refractivity contribution is -0.141. The van der Waals surface area contributed by atoms with Crippen LogP contribution in [0.25, 0.3) is 0 Å². The Kier molecular flexibility index (Phi) is 8.37. The van der Waals surface area contributed by atoms with Crippen molar-refractivity contribution in [2.24, 2.45) is 5.92 Å². The maximum absolute atomic E-state index is 11.9. The molecule has 5 nitrogen and oxygen atoms in total. The second-order valence-electron chi connectivity index (χ2n) is 4.91. The highest BCUT2D eigenvalue weighted by Crippen LogP contribution is 2.03. The second kappa shape index (κ2) is 8.91. The van der Waals surface area contributed by atoms with E-state index < -0.39 is 5.97 Å². The van der Waals surface area contributed by atoms with Gasteiger partial charge in [-0.1, -0.05) is 20.8 Å². The monoisotopic (exact) mass is 259 g/mol. The molecule has 0 rings (SSSR count). The predicted octanol–water partition coefficient (Wildman–Crippen LogP) is 1.76. The summed E-state index contributed by atoms with van der Waals surface area (Å²) in [4.78, 5) is 24.0. The molecule has 0 radical (unpaired) electrons. The number of carbonyl (C=O) groups is 2. The summed E-state index contributed by atoms with van der Waals surface area (Å²) in [6.45, 7) is 8.74. The topological polar surface area (TPSA) is 66.8 Å². The minimum atomic E-state index is -0.889. The number of hydrogen-bond acceptors (Lipinski definition) is 3. The Morgan fingerprint density at radius 3 is 2.33 bits per heavy atom. The molecule has 0 aliphatic rings. The van der Waals surface area contributed by atoms with Crippen molar-refractivity contribution in [2.75, 3.05) is 19.7 Å². The molecule has 106 valence electrons. The van der Waals surface area contributed by atoms with Crippen molar-refractivity contribution < 1.29 is 19.4 Å². The third-order valence-corrected chi connectivity index (χ3v) is 2.60. The first-order chi connectivity index (χ1) is 8.36. The van der Waals surface area contributed by atoms with Crippen molar-refractivity contribution in [3.63, 3.8) is 0 Å². The molecule has 1 N–H and O–H groups in total. The van der Waals surface area contributed by atoms with E-state index in [0.29, 0.717) is 12.5 Å². The van der Waals surface area contributed by atoms with Crippen LogP contribution in [0.15, 0.2) is 0 Å². The zero-order valence-electron chi connectivity index (χ0n) is 11.8. The molecule has 0 aliphatic carbocycles. The highest BCUT2D eigenvalue weighted by Gasteiger charge is 2.16. The fourth-order valence-corrected chi connectivity index (χ4v) is 1.41. The number of ether oxygens (including phenoxy) is 1. The van der Waals surface area contributed by atoms with E-state index in [1.807, 2.05) is 27.7 Å². The first-order valence-electron chi connectivity index (χ1n) is 6.48. The number of hydrogen-bond donors (Lipinski definition) is 1. The minimum absolute atomic E-state index is 0.0260. The molecule has 18 heavy (non-hydrogen) atoms.